The second-order valence-corrected chi connectivity index (χ2v) is 6.60. The third-order valence-corrected chi connectivity index (χ3v) is 4.55. The van der Waals surface area contributed by atoms with Gasteiger partial charge in [-0.25, -0.2) is 0 Å². The van der Waals surface area contributed by atoms with Gasteiger partial charge in [0.25, 0.3) is 0 Å². The number of guanidine groups is 1. The van der Waals surface area contributed by atoms with Crippen LogP contribution in [0.5, 0.6) is 0 Å². The van der Waals surface area contributed by atoms with Crippen molar-refractivity contribution in [2.24, 2.45) is 4.99 Å². The van der Waals surface area contributed by atoms with E-state index in [1.807, 2.05) is 7.05 Å². The van der Waals surface area contributed by atoms with Crippen LogP contribution in [-0.4, -0.2) is 19.0 Å². The van der Waals surface area contributed by atoms with E-state index in [0.717, 1.165) is 12.5 Å². The lowest BCUT2D eigenvalue weighted by Gasteiger charge is -2.16. The molecule has 1 fully saturated rings. The zero-order valence-corrected chi connectivity index (χ0v) is 12.4. The maximum absolute atomic E-state index is 4.26. The van der Waals surface area contributed by atoms with Crippen LogP contribution in [0.2, 0.25) is 0 Å². The lowest BCUT2D eigenvalue weighted by Crippen LogP contribution is -2.41. The Labute approximate surface area is 115 Å². The minimum atomic E-state index is 0.607. The molecule has 1 heterocycles. The van der Waals surface area contributed by atoms with Crippen LogP contribution in [-0.2, 0) is 6.54 Å². The summed E-state index contributed by atoms with van der Waals surface area (Å²) in [5, 5.41) is 8.98. The first-order valence-corrected chi connectivity index (χ1v) is 7.65. The first-order chi connectivity index (χ1) is 8.28. The van der Waals surface area contributed by atoms with E-state index in [9.17, 15) is 0 Å². The Morgan fingerprint density at radius 1 is 1.53 bits per heavy atom. The molecule has 5 heteroatoms. The molecule has 0 bridgehead atoms. The van der Waals surface area contributed by atoms with Crippen molar-refractivity contribution in [2.45, 2.75) is 38.3 Å². The van der Waals surface area contributed by atoms with Gasteiger partial charge in [0.15, 0.2) is 5.96 Å². The summed E-state index contributed by atoms with van der Waals surface area (Å²) in [7, 11) is 1.83. The molecule has 17 heavy (non-hydrogen) atoms. The molecule has 0 aliphatic heterocycles. The minimum absolute atomic E-state index is 0.607. The molecule has 0 radical (unpaired) electrons. The smallest absolute Gasteiger partial charge is 0.191 e. The molecule has 1 aliphatic rings. The number of hydrogen-bond acceptors (Lipinski definition) is 2. The number of aliphatic imine (C=N–C) groups is 1. The van der Waals surface area contributed by atoms with E-state index >= 15 is 0 Å². The van der Waals surface area contributed by atoms with Gasteiger partial charge < -0.3 is 10.6 Å². The van der Waals surface area contributed by atoms with Crippen molar-refractivity contribution in [1.29, 1.82) is 0 Å². The van der Waals surface area contributed by atoms with Crippen LogP contribution in [0.3, 0.4) is 0 Å². The molecule has 2 rings (SSSR count). The summed E-state index contributed by atoms with van der Waals surface area (Å²) >= 11 is 5.19. The normalized spacial score (nSPS) is 17.4. The summed E-state index contributed by atoms with van der Waals surface area (Å²) in [6.45, 7) is 0.828. The van der Waals surface area contributed by atoms with Crippen LogP contribution in [0, 0.1) is 0 Å². The quantitative estimate of drug-likeness (QED) is 0.664. The molecule has 2 N–H and O–H groups in total. The van der Waals surface area contributed by atoms with E-state index in [1.165, 1.54) is 35.0 Å². The van der Waals surface area contributed by atoms with Crippen molar-refractivity contribution in [3.05, 3.63) is 20.8 Å². The monoisotopic (exact) mass is 315 g/mol. The fraction of sp³-hybridized carbons (Fsp3) is 0.583. The number of nitrogens with one attached hydrogen (secondary N) is 2. The summed E-state index contributed by atoms with van der Waals surface area (Å²) < 4.78 is 1.17. The van der Waals surface area contributed by atoms with Crippen molar-refractivity contribution in [3.63, 3.8) is 0 Å². The summed E-state index contributed by atoms with van der Waals surface area (Å²) in [5.41, 5.74) is 1.29. The molecule has 1 aromatic rings. The highest BCUT2D eigenvalue weighted by Crippen LogP contribution is 2.20. The van der Waals surface area contributed by atoms with Gasteiger partial charge in [-0.3, -0.25) is 4.99 Å². The Bertz CT molecular complexity index is 383. The lowest BCUT2D eigenvalue weighted by molar-refractivity contribution is 0.613. The maximum atomic E-state index is 4.26. The van der Waals surface area contributed by atoms with Gasteiger partial charge in [0.05, 0.1) is 3.79 Å². The van der Waals surface area contributed by atoms with Crippen molar-refractivity contribution in [1.82, 2.24) is 10.6 Å². The van der Waals surface area contributed by atoms with Gasteiger partial charge in [0.1, 0.15) is 0 Å². The van der Waals surface area contributed by atoms with Gasteiger partial charge in [0, 0.05) is 19.6 Å². The molecule has 1 saturated carbocycles. The van der Waals surface area contributed by atoms with Crippen molar-refractivity contribution in [2.75, 3.05) is 7.05 Å². The van der Waals surface area contributed by atoms with E-state index in [-0.39, 0.29) is 0 Å². The number of hydrogen-bond donors (Lipinski definition) is 2. The largest absolute Gasteiger partial charge is 0.354 e. The molecule has 3 nitrogen and oxygen atoms in total. The average Bonchev–Trinajstić information content (AvgIpc) is 2.96. The highest BCUT2D eigenvalue weighted by molar-refractivity contribution is 9.11. The fourth-order valence-corrected chi connectivity index (χ4v) is 3.29. The van der Waals surface area contributed by atoms with Crippen molar-refractivity contribution < 1.29 is 0 Å². The Morgan fingerprint density at radius 3 is 2.88 bits per heavy atom. The van der Waals surface area contributed by atoms with Gasteiger partial charge >= 0.3 is 0 Å². The van der Waals surface area contributed by atoms with Gasteiger partial charge in [-0.2, -0.15) is 0 Å². The SMILES string of the molecule is CN=C(NCc1csc(Br)c1)NC1CCCC1. The number of halogens is 1. The highest BCUT2D eigenvalue weighted by atomic mass is 79.9. The first-order valence-electron chi connectivity index (χ1n) is 5.98. The molecule has 0 amide bonds. The molecule has 1 aromatic heterocycles. The van der Waals surface area contributed by atoms with E-state index in [2.05, 4.69) is 43.0 Å². The van der Waals surface area contributed by atoms with Gasteiger partial charge in [-0.15, -0.1) is 11.3 Å². The minimum Gasteiger partial charge on any atom is -0.354 e. The Hall–Kier alpha value is -0.550. The van der Waals surface area contributed by atoms with Crippen molar-refractivity contribution >= 4 is 33.2 Å². The van der Waals surface area contributed by atoms with E-state index < -0.39 is 0 Å². The van der Waals surface area contributed by atoms with E-state index in [4.69, 9.17) is 0 Å². The van der Waals surface area contributed by atoms with Crippen LogP contribution in [0.1, 0.15) is 31.2 Å². The standard InChI is InChI=1S/C12H18BrN3S/c1-14-12(16-10-4-2-3-5-10)15-7-9-6-11(13)17-8-9/h6,8,10H,2-5,7H2,1H3,(H2,14,15,16). The molecule has 1 aliphatic carbocycles. The molecular weight excluding hydrogens is 298 g/mol. The van der Waals surface area contributed by atoms with Gasteiger partial charge in [-0.05, 0) is 45.8 Å². The summed E-state index contributed by atoms with van der Waals surface area (Å²) in [4.78, 5) is 4.26. The van der Waals surface area contributed by atoms with Gasteiger partial charge in [0.2, 0.25) is 0 Å². The second kappa shape index (κ2) is 6.40. The van der Waals surface area contributed by atoms with Crippen LogP contribution >= 0.6 is 27.3 Å². The average molecular weight is 316 g/mol. The van der Waals surface area contributed by atoms with Crippen LogP contribution in [0.4, 0.5) is 0 Å². The number of nitrogens with zero attached hydrogens (tertiary/aromatic N) is 1. The van der Waals surface area contributed by atoms with Crippen LogP contribution in [0.25, 0.3) is 0 Å². The molecular formula is C12H18BrN3S. The van der Waals surface area contributed by atoms with E-state index in [1.54, 1.807) is 11.3 Å². The third-order valence-electron chi connectivity index (χ3n) is 3.00. The summed E-state index contributed by atoms with van der Waals surface area (Å²) in [6.07, 6.45) is 5.22. The predicted octanol–water partition coefficient (Wildman–Crippen LogP) is 3.12. The molecule has 94 valence electrons. The molecule has 0 atom stereocenters. The highest BCUT2D eigenvalue weighted by Gasteiger charge is 2.15. The molecule has 0 saturated heterocycles. The zero-order valence-electron chi connectivity index (χ0n) is 10.0. The first kappa shape index (κ1) is 12.9. The maximum Gasteiger partial charge on any atom is 0.191 e. The number of thiophene rings is 1. The third kappa shape index (κ3) is 4.00. The van der Waals surface area contributed by atoms with Crippen LogP contribution < -0.4 is 10.6 Å². The lowest BCUT2D eigenvalue weighted by atomic mass is 10.2. The molecule has 0 spiro atoms. The Morgan fingerprint density at radius 2 is 2.29 bits per heavy atom. The summed E-state index contributed by atoms with van der Waals surface area (Å²) in [6, 6.07) is 2.75. The molecule has 0 aromatic carbocycles. The van der Waals surface area contributed by atoms with Gasteiger partial charge in [-0.1, -0.05) is 12.8 Å². The second-order valence-electron chi connectivity index (χ2n) is 4.31. The Kier molecular flexibility index (Phi) is 4.86. The molecule has 0 unspecified atom stereocenters. The Balaban J connectivity index is 1.79. The van der Waals surface area contributed by atoms with E-state index in [0.29, 0.717) is 6.04 Å². The fourth-order valence-electron chi connectivity index (χ4n) is 2.08. The predicted molar refractivity (Wildman–Crippen MR) is 77.6 cm³/mol. The summed E-state index contributed by atoms with van der Waals surface area (Å²) in [5.74, 6) is 0.916. The topological polar surface area (TPSA) is 36.4 Å². The van der Waals surface area contributed by atoms with Crippen LogP contribution in [0.15, 0.2) is 20.2 Å². The van der Waals surface area contributed by atoms with Crippen molar-refractivity contribution in [3.8, 4) is 0 Å². The zero-order chi connectivity index (χ0) is 12.1. The number of rotatable bonds is 3.